The fraction of sp³-hybridized carbons (Fsp3) is 0.316. The zero-order valence-electron chi connectivity index (χ0n) is 13.6. The summed E-state index contributed by atoms with van der Waals surface area (Å²) in [5.41, 5.74) is 2.61. The molecule has 0 saturated heterocycles. The average Bonchev–Trinajstić information content (AvgIpc) is 2.59. The maximum Gasteiger partial charge on any atom is 0.254 e. The van der Waals surface area contributed by atoms with Gasteiger partial charge in [-0.1, -0.05) is 6.07 Å². The van der Waals surface area contributed by atoms with Gasteiger partial charge in [0.1, 0.15) is 11.5 Å². The number of ether oxygens (including phenoxy) is 1. The van der Waals surface area contributed by atoms with Crippen LogP contribution in [0.1, 0.15) is 28.4 Å². The first-order valence-electron chi connectivity index (χ1n) is 8.07. The second-order valence-corrected chi connectivity index (χ2v) is 5.95. The number of rotatable bonds is 4. The average molecular weight is 327 g/mol. The summed E-state index contributed by atoms with van der Waals surface area (Å²) in [6, 6.07) is 11.5. The highest BCUT2D eigenvalue weighted by atomic mass is 16.5. The minimum absolute atomic E-state index is 0.0525. The Hall–Kier alpha value is -2.53. The summed E-state index contributed by atoms with van der Waals surface area (Å²) in [5, 5.41) is 19.1. The molecule has 2 aromatic carbocycles. The van der Waals surface area contributed by atoms with Crippen LogP contribution in [0, 0.1) is 0 Å². The maximum atomic E-state index is 12.9. The minimum Gasteiger partial charge on any atom is -0.508 e. The van der Waals surface area contributed by atoms with E-state index in [-0.39, 0.29) is 23.4 Å². The van der Waals surface area contributed by atoms with Crippen LogP contribution in [0.4, 0.5) is 0 Å². The lowest BCUT2D eigenvalue weighted by Crippen LogP contribution is -2.46. The maximum absolute atomic E-state index is 12.9. The van der Waals surface area contributed by atoms with E-state index in [1.165, 1.54) is 12.1 Å². The Morgan fingerprint density at radius 1 is 1.12 bits per heavy atom. The molecule has 1 aliphatic rings. The summed E-state index contributed by atoms with van der Waals surface area (Å²) in [4.78, 5) is 14.7. The molecule has 5 nitrogen and oxygen atoms in total. The monoisotopic (exact) mass is 327 g/mol. The molecule has 0 spiro atoms. The molecule has 1 unspecified atom stereocenters. The van der Waals surface area contributed by atoms with E-state index in [0.717, 1.165) is 11.1 Å². The highest BCUT2D eigenvalue weighted by Crippen LogP contribution is 2.28. The molecule has 1 amide bonds. The van der Waals surface area contributed by atoms with Gasteiger partial charge in [-0.2, -0.15) is 0 Å². The van der Waals surface area contributed by atoms with Gasteiger partial charge in [0.05, 0.1) is 12.6 Å². The van der Waals surface area contributed by atoms with Crippen LogP contribution in [0.5, 0.6) is 11.5 Å². The number of hydrogen-bond acceptors (Lipinski definition) is 4. The van der Waals surface area contributed by atoms with Crippen LogP contribution >= 0.6 is 0 Å². The van der Waals surface area contributed by atoms with Gasteiger partial charge in [0.15, 0.2) is 0 Å². The molecule has 1 aliphatic heterocycles. The Morgan fingerprint density at radius 2 is 1.83 bits per heavy atom. The van der Waals surface area contributed by atoms with Crippen LogP contribution in [0.3, 0.4) is 0 Å². The molecule has 2 aromatic rings. The van der Waals surface area contributed by atoms with E-state index in [4.69, 9.17) is 4.74 Å². The van der Waals surface area contributed by atoms with Gasteiger partial charge < -0.3 is 19.8 Å². The molecule has 0 fully saturated rings. The lowest BCUT2D eigenvalue weighted by atomic mass is 9.93. The Balaban J connectivity index is 1.89. The van der Waals surface area contributed by atoms with Crippen molar-refractivity contribution < 1.29 is 19.7 Å². The van der Waals surface area contributed by atoms with Gasteiger partial charge in [-0.3, -0.25) is 4.79 Å². The Bertz CT molecular complexity index is 727. The Kier molecular flexibility index (Phi) is 4.71. The first kappa shape index (κ1) is 16.3. The number of benzene rings is 2. The number of carbonyl (C=O) groups is 1. The van der Waals surface area contributed by atoms with E-state index in [2.05, 4.69) is 0 Å². The minimum atomic E-state index is -0.103. The molecular weight excluding hydrogens is 306 g/mol. The molecular formula is C19H21NO4. The summed E-state index contributed by atoms with van der Waals surface area (Å²) >= 11 is 0. The van der Waals surface area contributed by atoms with Gasteiger partial charge in [-0.25, -0.2) is 0 Å². The Morgan fingerprint density at radius 3 is 2.54 bits per heavy atom. The number of nitrogens with zero attached hydrogens (tertiary/aromatic N) is 1. The quantitative estimate of drug-likeness (QED) is 0.906. The topological polar surface area (TPSA) is 70.0 Å². The largest absolute Gasteiger partial charge is 0.508 e. The van der Waals surface area contributed by atoms with Crippen molar-refractivity contribution in [3.05, 3.63) is 59.2 Å². The molecule has 0 bridgehead atoms. The van der Waals surface area contributed by atoms with Crippen molar-refractivity contribution in [2.24, 2.45) is 0 Å². The van der Waals surface area contributed by atoms with Gasteiger partial charge in [0.25, 0.3) is 5.91 Å². The van der Waals surface area contributed by atoms with Crippen LogP contribution < -0.4 is 0 Å². The van der Waals surface area contributed by atoms with Crippen molar-refractivity contribution in [1.82, 2.24) is 4.90 Å². The van der Waals surface area contributed by atoms with Gasteiger partial charge in [-0.05, 0) is 60.9 Å². The molecule has 0 aromatic heterocycles. The molecule has 1 heterocycles. The fourth-order valence-electron chi connectivity index (χ4n) is 3.05. The smallest absolute Gasteiger partial charge is 0.254 e. The molecule has 0 aliphatic carbocycles. The van der Waals surface area contributed by atoms with E-state index < -0.39 is 0 Å². The second kappa shape index (κ2) is 6.93. The summed E-state index contributed by atoms with van der Waals surface area (Å²) < 4.78 is 5.56. The third kappa shape index (κ3) is 3.36. The van der Waals surface area contributed by atoms with Crippen LogP contribution in [-0.4, -0.2) is 40.3 Å². The summed E-state index contributed by atoms with van der Waals surface area (Å²) in [5.74, 6) is 0.231. The first-order valence-corrected chi connectivity index (χ1v) is 8.07. The number of aromatic hydroxyl groups is 2. The molecule has 126 valence electrons. The van der Waals surface area contributed by atoms with Crippen molar-refractivity contribution >= 4 is 5.91 Å². The molecule has 0 radical (unpaired) electrons. The van der Waals surface area contributed by atoms with Crippen molar-refractivity contribution in [2.75, 3.05) is 13.2 Å². The number of carbonyl (C=O) groups excluding carboxylic acids is 1. The molecule has 0 saturated carbocycles. The molecule has 3 rings (SSSR count). The molecule has 24 heavy (non-hydrogen) atoms. The third-order valence-electron chi connectivity index (χ3n) is 4.32. The normalized spacial score (nSPS) is 16.7. The van der Waals surface area contributed by atoms with Crippen LogP contribution in [-0.2, 0) is 17.7 Å². The molecule has 5 heteroatoms. The lowest BCUT2D eigenvalue weighted by molar-refractivity contribution is 0.0396. The Labute approximate surface area is 141 Å². The van der Waals surface area contributed by atoms with E-state index in [1.54, 1.807) is 29.2 Å². The fourth-order valence-corrected chi connectivity index (χ4v) is 3.05. The van der Waals surface area contributed by atoms with E-state index in [1.807, 2.05) is 13.0 Å². The number of amides is 1. The van der Waals surface area contributed by atoms with Crippen molar-refractivity contribution in [1.29, 1.82) is 0 Å². The van der Waals surface area contributed by atoms with Crippen LogP contribution in [0.2, 0.25) is 0 Å². The summed E-state index contributed by atoms with van der Waals surface area (Å²) in [6.45, 7) is 3.43. The second-order valence-electron chi connectivity index (χ2n) is 5.95. The van der Waals surface area contributed by atoms with Gasteiger partial charge in [0, 0.05) is 18.7 Å². The van der Waals surface area contributed by atoms with Gasteiger partial charge in [-0.15, -0.1) is 0 Å². The van der Waals surface area contributed by atoms with E-state index >= 15 is 0 Å². The predicted octanol–water partition coefficient (Wildman–Crippen LogP) is 2.70. The SMILES string of the molecule is CCOCC1Cc2ccc(O)cc2CN1C(=O)c1ccc(O)cc1. The van der Waals surface area contributed by atoms with Crippen molar-refractivity contribution in [3.8, 4) is 11.5 Å². The number of hydrogen-bond donors (Lipinski definition) is 2. The first-order chi connectivity index (χ1) is 11.6. The molecule has 2 N–H and O–H groups in total. The van der Waals surface area contributed by atoms with Gasteiger partial charge in [0.2, 0.25) is 0 Å². The van der Waals surface area contributed by atoms with Crippen LogP contribution in [0.15, 0.2) is 42.5 Å². The van der Waals surface area contributed by atoms with E-state index in [9.17, 15) is 15.0 Å². The lowest BCUT2D eigenvalue weighted by Gasteiger charge is -2.37. The zero-order valence-corrected chi connectivity index (χ0v) is 13.6. The van der Waals surface area contributed by atoms with Crippen molar-refractivity contribution in [3.63, 3.8) is 0 Å². The number of fused-ring (bicyclic) bond motifs is 1. The van der Waals surface area contributed by atoms with Crippen molar-refractivity contribution in [2.45, 2.75) is 25.9 Å². The summed E-state index contributed by atoms with van der Waals surface area (Å²) in [6.07, 6.45) is 0.694. The van der Waals surface area contributed by atoms with E-state index in [0.29, 0.717) is 31.7 Å². The summed E-state index contributed by atoms with van der Waals surface area (Å²) in [7, 11) is 0. The predicted molar refractivity (Wildman–Crippen MR) is 90.1 cm³/mol. The number of phenols is 2. The highest BCUT2D eigenvalue weighted by molar-refractivity contribution is 5.94. The number of phenolic OH excluding ortho intramolecular Hbond substituents is 2. The standard InChI is InChI=1S/C19H21NO4/c1-2-24-12-16-9-14-5-8-18(22)10-15(14)11-20(16)19(23)13-3-6-17(21)7-4-13/h3-8,10,16,21-22H,2,9,11-12H2,1H3. The third-order valence-corrected chi connectivity index (χ3v) is 4.32. The van der Waals surface area contributed by atoms with Gasteiger partial charge >= 0.3 is 0 Å². The highest BCUT2D eigenvalue weighted by Gasteiger charge is 2.30. The molecule has 1 atom stereocenters. The zero-order chi connectivity index (χ0) is 17.1. The van der Waals surface area contributed by atoms with Crippen LogP contribution in [0.25, 0.3) is 0 Å².